The molecule has 42 heavy (non-hydrogen) atoms. The highest BCUT2D eigenvalue weighted by atomic mass is 16.5. The number of benzene rings is 2. The number of carbonyl (C=O) groups is 1. The monoisotopic (exact) mass is 574 g/mol. The lowest BCUT2D eigenvalue weighted by molar-refractivity contribution is -0.163. The molecule has 3 fully saturated rings. The van der Waals surface area contributed by atoms with Gasteiger partial charge in [0.15, 0.2) is 0 Å². The average molecular weight is 575 g/mol. The third kappa shape index (κ3) is 7.05. The van der Waals surface area contributed by atoms with Gasteiger partial charge in [0.05, 0.1) is 12.7 Å². The number of aryl methyl sites for hydroxylation is 1. The number of piperidine rings is 1. The lowest BCUT2D eigenvalue weighted by Crippen LogP contribution is -2.68. The zero-order valence-corrected chi connectivity index (χ0v) is 26.7. The summed E-state index contributed by atoms with van der Waals surface area (Å²) in [6, 6.07) is 19.6. The van der Waals surface area contributed by atoms with Gasteiger partial charge in [0.25, 0.3) is 0 Å². The van der Waals surface area contributed by atoms with Gasteiger partial charge in [0.2, 0.25) is 5.91 Å². The first-order chi connectivity index (χ1) is 20.4. The molecule has 0 aromatic heterocycles. The number of ether oxygens (including phenoxy) is 2. The smallest absolute Gasteiger partial charge is 0.222 e. The van der Waals surface area contributed by atoms with E-state index in [-0.39, 0.29) is 17.1 Å². The lowest BCUT2D eigenvalue weighted by atomic mass is 9.55. The van der Waals surface area contributed by atoms with Crippen LogP contribution >= 0.6 is 0 Å². The standard InChI is InChI=1S/C37H54N2O3/c1-29(2)26-39(35(40)17-10-6-9-14-30-12-7-5-8-13-30)33-20-21-37(42-4)28-38(27-31-18-19-31)23-22-36(37,25-33)32-15-11-16-34(24-32)41-3/h5,7-8,11-13,15-16,24,29,31,33H,6,9-10,14,17-23,25-28H2,1-4H3. The maximum Gasteiger partial charge on any atom is 0.222 e. The molecule has 0 spiro atoms. The molecule has 2 aromatic carbocycles. The van der Waals surface area contributed by atoms with Crippen molar-refractivity contribution in [2.75, 3.05) is 40.4 Å². The number of nitrogens with zero attached hydrogens (tertiary/aromatic N) is 2. The number of hydrogen-bond acceptors (Lipinski definition) is 4. The van der Waals surface area contributed by atoms with E-state index >= 15 is 0 Å². The van der Waals surface area contributed by atoms with Crippen molar-refractivity contribution in [3.63, 3.8) is 0 Å². The fourth-order valence-corrected chi connectivity index (χ4v) is 7.99. The van der Waals surface area contributed by atoms with Crippen molar-refractivity contribution in [2.24, 2.45) is 11.8 Å². The molecule has 3 atom stereocenters. The van der Waals surface area contributed by atoms with Gasteiger partial charge < -0.3 is 19.3 Å². The van der Waals surface area contributed by atoms with Crippen molar-refractivity contribution in [2.45, 2.75) is 102 Å². The zero-order chi connectivity index (χ0) is 29.6. The Balaban J connectivity index is 1.33. The Kier molecular flexibility index (Phi) is 10.3. The molecule has 0 N–H and O–H groups in total. The second-order valence-corrected chi connectivity index (χ2v) is 13.8. The van der Waals surface area contributed by atoms with Crippen LogP contribution in [0, 0.1) is 11.8 Å². The molecule has 3 unspecified atom stereocenters. The van der Waals surface area contributed by atoms with Gasteiger partial charge in [0.1, 0.15) is 5.75 Å². The van der Waals surface area contributed by atoms with Crippen molar-refractivity contribution < 1.29 is 14.3 Å². The minimum atomic E-state index is -0.257. The lowest BCUT2D eigenvalue weighted by Gasteiger charge is -2.61. The van der Waals surface area contributed by atoms with Gasteiger partial charge in [-0.2, -0.15) is 0 Å². The number of carbonyl (C=O) groups excluding carboxylic acids is 1. The summed E-state index contributed by atoms with van der Waals surface area (Å²) in [5.41, 5.74) is 2.30. The average Bonchev–Trinajstić information content (AvgIpc) is 3.83. The molecule has 2 aliphatic carbocycles. The van der Waals surface area contributed by atoms with Crippen LogP contribution in [0.25, 0.3) is 0 Å². The molecule has 2 saturated carbocycles. The summed E-state index contributed by atoms with van der Waals surface area (Å²) in [6.45, 7) is 8.59. The van der Waals surface area contributed by atoms with Gasteiger partial charge in [-0.25, -0.2) is 0 Å². The predicted octanol–water partition coefficient (Wildman–Crippen LogP) is 7.27. The van der Waals surface area contributed by atoms with Gasteiger partial charge in [0, 0.05) is 44.6 Å². The Morgan fingerprint density at radius 1 is 1.00 bits per heavy atom. The Labute approximate surface area is 255 Å². The van der Waals surface area contributed by atoms with Crippen molar-refractivity contribution in [3.8, 4) is 5.75 Å². The van der Waals surface area contributed by atoms with Crippen molar-refractivity contribution in [3.05, 3.63) is 65.7 Å². The molecule has 0 bridgehead atoms. The highest BCUT2D eigenvalue weighted by Gasteiger charge is 2.59. The quantitative estimate of drug-likeness (QED) is 0.223. The summed E-state index contributed by atoms with van der Waals surface area (Å²) in [7, 11) is 3.69. The molecular formula is C37H54N2O3. The second kappa shape index (κ2) is 13.9. The third-order valence-corrected chi connectivity index (χ3v) is 10.4. The topological polar surface area (TPSA) is 42.0 Å². The zero-order valence-electron chi connectivity index (χ0n) is 26.7. The van der Waals surface area contributed by atoms with Crippen LogP contribution in [0.3, 0.4) is 0 Å². The molecule has 0 radical (unpaired) electrons. The highest BCUT2D eigenvalue weighted by Crippen LogP contribution is 2.55. The maximum absolute atomic E-state index is 13.9. The molecule has 5 heteroatoms. The van der Waals surface area contributed by atoms with Crippen molar-refractivity contribution in [1.29, 1.82) is 0 Å². The Morgan fingerprint density at radius 2 is 1.81 bits per heavy atom. The number of fused-ring (bicyclic) bond motifs is 1. The predicted molar refractivity (Wildman–Crippen MR) is 171 cm³/mol. The van der Waals surface area contributed by atoms with Crippen LogP contribution in [0.2, 0.25) is 0 Å². The minimum Gasteiger partial charge on any atom is -0.497 e. The van der Waals surface area contributed by atoms with Gasteiger partial charge in [-0.15, -0.1) is 0 Å². The molecule has 1 amide bonds. The molecule has 5 nitrogen and oxygen atoms in total. The number of unbranched alkanes of at least 4 members (excludes halogenated alkanes) is 2. The molecule has 1 aliphatic heterocycles. The van der Waals surface area contributed by atoms with E-state index in [1.165, 1.54) is 30.5 Å². The first-order valence-electron chi connectivity index (χ1n) is 16.6. The summed E-state index contributed by atoms with van der Waals surface area (Å²) in [5, 5.41) is 0. The Morgan fingerprint density at radius 3 is 2.52 bits per heavy atom. The summed E-state index contributed by atoms with van der Waals surface area (Å²) < 4.78 is 12.4. The van der Waals surface area contributed by atoms with Crippen LogP contribution in [0.1, 0.15) is 89.2 Å². The van der Waals surface area contributed by atoms with Crippen LogP contribution in [-0.4, -0.2) is 67.7 Å². The van der Waals surface area contributed by atoms with Crippen LogP contribution in [-0.2, 0) is 21.4 Å². The van der Waals surface area contributed by atoms with Crippen LogP contribution in [0.4, 0.5) is 0 Å². The molecule has 5 rings (SSSR count). The number of methoxy groups -OCH3 is 2. The van der Waals surface area contributed by atoms with E-state index in [0.717, 1.165) is 82.7 Å². The Bertz CT molecular complexity index is 1150. The fourth-order valence-electron chi connectivity index (χ4n) is 7.99. The SMILES string of the molecule is COc1cccc(C23CCN(CC4CC4)CC2(OC)CCC(N(CC(C)C)C(=O)CCCCCc2ccccc2)C3)c1. The van der Waals surface area contributed by atoms with E-state index in [4.69, 9.17) is 9.47 Å². The first-order valence-corrected chi connectivity index (χ1v) is 16.6. The molecule has 1 saturated heterocycles. The maximum atomic E-state index is 13.9. The number of hydrogen-bond donors (Lipinski definition) is 0. The molecule has 2 aromatic rings. The molecular weight excluding hydrogens is 520 g/mol. The number of rotatable bonds is 14. The number of likely N-dealkylation sites (tertiary alicyclic amines) is 1. The summed E-state index contributed by atoms with van der Waals surface area (Å²) >= 11 is 0. The number of amides is 1. The van der Waals surface area contributed by atoms with E-state index in [1.54, 1.807) is 7.11 Å². The van der Waals surface area contributed by atoms with E-state index in [9.17, 15) is 4.79 Å². The normalized spacial score (nSPS) is 26.2. The molecule has 230 valence electrons. The summed E-state index contributed by atoms with van der Waals surface area (Å²) in [5.74, 6) is 2.55. The van der Waals surface area contributed by atoms with Crippen LogP contribution < -0.4 is 4.74 Å². The Hall–Kier alpha value is -2.37. The van der Waals surface area contributed by atoms with Gasteiger partial charge >= 0.3 is 0 Å². The van der Waals surface area contributed by atoms with Crippen molar-refractivity contribution in [1.82, 2.24) is 9.80 Å². The van der Waals surface area contributed by atoms with E-state index in [0.29, 0.717) is 18.2 Å². The summed E-state index contributed by atoms with van der Waals surface area (Å²) in [6.07, 6.45) is 11.7. The minimum absolute atomic E-state index is 0.148. The second-order valence-electron chi connectivity index (χ2n) is 13.8. The summed E-state index contributed by atoms with van der Waals surface area (Å²) in [4.78, 5) is 18.9. The van der Waals surface area contributed by atoms with Crippen molar-refractivity contribution >= 4 is 5.91 Å². The van der Waals surface area contributed by atoms with E-state index in [1.807, 2.05) is 13.2 Å². The van der Waals surface area contributed by atoms with Crippen LogP contribution in [0.15, 0.2) is 54.6 Å². The van der Waals surface area contributed by atoms with E-state index in [2.05, 4.69) is 72.2 Å². The van der Waals surface area contributed by atoms with Gasteiger partial charge in [-0.05, 0) is 99.4 Å². The largest absolute Gasteiger partial charge is 0.497 e. The molecule has 1 heterocycles. The molecule has 3 aliphatic rings. The van der Waals surface area contributed by atoms with Gasteiger partial charge in [-0.3, -0.25) is 4.79 Å². The van der Waals surface area contributed by atoms with Crippen LogP contribution in [0.5, 0.6) is 5.75 Å². The van der Waals surface area contributed by atoms with E-state index < -0.39 is 0 Å². The fraction of sp³-hybridized carbons (Fsp3) is 0.649. The first kappa shape index (κ1) is 31.1. The van der Waals surface area contributed by atoms with Gasteiger partial charge in [-0.1, -0.05) is 62.7 Å². The highest BCUT2D eigenvalue weighted by molar-refractivity contribution is 5.76. The third-order valence-electron chi connectivity index (χ3n) is 10.4.